The minimum absolute atomic E-state index is 0.311. The van der Waals surface area contributed by atoms with E-state index in [-0.39, 0.29) is 0 Å². The highest BCUT2D eigenvalue weighted by Crippen LogP contribution is 2.35. The van der Waals surface area contributed by atoms with Crippen LogP contribution in [-0.4, -0.2) is 38.2 Å². The third kappa shape index (κ3) is 2.67. The molecule has 0 N–H and O–H groups in total. The van der Waals surface area contributed by atoms with Crippen LogP contribution in [0.5, 0.6) is 5.75 Å². The molecule has 6 heteroatoms. The fraction of sp³-hybridized carbons (Fsp3) is 0.600. The SMILES string of the molecule is COc1cc(C)c(S(=O)(=O)N2C(C)OCC2(C)C)cc1C. The third-order valence-corrected chi connectivity index (χ3v) is 6.14. The first-order valence-electron chi connectivity index (χ1n) is 6.92. The summed E-state index contributed by atoms with van der Waals surface area (Å²) < 4.78 is 38.3. The van der Waals surface area contributed by atoms with Crippen molar-refractivity contribution in [2.24, 2.45) is 0 Å². The Bertz CT molecular complexity index is 652. The van der Waals surface area contributed by atoms with Crippen molar-refractivity contribution in [3.05, 3.63) is 23.3 Å². The molecule has 1 atom stereocenters. The highest BCUT2D eigenvalue weighted by atomic mass is 32.2. The van der Waals surface area contributed by atoms with Gasteiger partial charge in [0.25, 0.3) is 0 Å². The number of nitrogens with zero attached hydrogens (tertiary/aromatic N) is 1. The Morgan fingerprint density at radius 2 is 1.90 bits per heavy atom. The Morgan fingerprint density at radius 3 is 2.38 bits per heavy atom. The number of hydrogen-bond acceptors (Lipinski definition) is 4. The predicted molar refractivity (Wildman–Crippen MR) is 81.0 cm³/mol. The van der Waals surface area contributed by atoms with Gasteiger partial charge < -0.3 is 9.47 Å². The van der Waals surface area contributed by atoms with Crippen LogP contribution in [0.15, 0.2) is 17.0 Å². The normalized spacial score (nSPS) is 22.5. The molecule has 1 aliphatic heterocycles. The van der Waals surface area contributed by atoms with Crippen molar-refractivity contribution in [1.82, 2.24) is 4.31 Å². The lowest BCUT2D eigenvalue weighted by molar-refractivity contribution is 0.0843. The van der Waals surface area contributed by atoms with Gasteiger partial charge in [-0.3, -0.25) is 0 Å². The average molecular weight is 313 g/mol. The van der Waals surface area contributed by atoms with E-state index in [1.165, 1.54) is 4.31 Å². The minimum atomic E-state index is -3.62. The maximum absolute atomic E-state index is 13.0. The van der Waals surface area contributed by atoms with Gasteiger partial charge in [-0.2, -0.15) is 4.31 Å². The number of benzene rings is 1. The van der Waals surface area contributed by atoms with Gasteiger partial charge in [-0.15, -0.1) is 0 Å². The summed E-state index contributed by atoms with van der Waals surface area (Å²) in [4.78, 5) is 0.311. The van der Waals surface area contributed by atoms with E-state index in [9.17, 15) is 8.42 Å². The van der Waals surface area contributed by atoms with Crippen molar-refractivity contribution < 1.29 is 17.9 Å². The van der Waals surface area contributed by atoms with Crippen molar-refractivity contribution >= 4 is 10.0 Å². The standard InChI is InChI=1S/C15H23NO4S/c1-10-8-14(11(2)7-13(10)19-6)21(17,18)16-12(3)20-9-15(16,4)5/h7-8,12H,9H2,1-6H3. The monoisotopic (exact) mass is 313 g/mol. The molecule has 0 saturated carbocycles. The first kappa shape index (κ1) is 16.3. The van der Waals surface area contributed by atoms with E-state index in [2.05, 4.69) is 0 Å². The van der Waals surface area contributed by atoms with Crippen molar-refractivity contribution in [2.45, 2.75) is 51.3 Å². The van der Waals surface area contributed by atoms with Crippen molar-refractivity contribution in [3.8, 4) is 5.75 Å². The molecule has 0 radical (unpaired) electrons. The summed E-state index contributed by atoms with van der Waals surface area (Å²) in [5.74, 6) is 0.691. The zero-order valence-electron chi connectivity index (χ0n) is 13.4. The van der Waals surface area contributed by atoms with Crippen LogP contribution in [0.4, 0.5) is 0 Å². The first-order valence-corrected chi connectivity index (χ1v) is 8.36. The van der Waals surface area contributed by atoms with E-state index >= 15 is 0 Å². The van der Waals surface area contributed by atoms with Gasteiger partial charge >= 0.3 is 0 Å². The van der Waals surface area contributed by atoms with Crippen LogP contribution in [-0.2, 0) is 14.8 Å². The lowest BCUT2D eigenvalue weighted by Gasteiger charge is -2.31. The zero-order valence-corrected chi connectivity index (χ0v) is 14.2. The quantitative estimate of drug-likeness (QED) is 0.860. The van der Waals surface area contributed by atoms with Gasteiger partial charge in [0.1, 0.15) is 12.0 Å². The van der Waals surface area contributed by atoms with E-state index in [1.54, 1.807) is 33.1 Å². The summed E-state index contributed by atoms with van der Waals surface area (Å²) in [5, 5.41) is 0. The number of ether oxygens (including phenoxy) is 2. The average Bonchev–Trinajstić information content (AvgIpc) is 2.65. The minimum Gasteiger partial charge on any atom is -0.496 e. The molecule has 0 bridgehead atoms. The Kier molecular flexibility index (Phi) is 4.08. The molecule has 0 amide bonds. The number of aryl methyl sites for hydroxylation is 2. The smallest absolute Gasteiger partial charge is 0.246 e. The number of hydrogen-bond donors (Lipinski definition) is 0. The molecular formula is C15H23NO4S. The van der Waals surface area contributed by atoms with Crippen LogP contribution in [0.25, 0.3) is 0 Å². The Balaban J connectivity index is 2.57. The van der Waals surface area contributed by atoms with Crippen LogP contribution in [0.1, 0.15) is 31.9 Å². The molecule has 1 aliphatic rings. The molecule has 1 aromatic carbocycles. The molecule has 1 aromatic rings. The number of rotatable bonds is 3. The largest absolute Gasteiger partial charge is 0.496 e. The van der Waals surface area contributed by atoms with Crippen molar-refractivity contribution in [2.75, 3.05) is 13.7 Å². The van der Waals surface area contributed by atoms with Crippen LogP contribution >= 0.6 is 0 Å². The molecular weight excluding hydrogens is 290 g/mol. The molecule has 2 rings (SSSR count). The van der Waals surface area contributed by atoms with Crippen molar-refractivity contribution in [3.63, 3.8) is 0 Å². The van der Waals surface area contributed by atoms with Gasteiger partial charge in [0, 0.05) is 0 Å². The second-order valence-corrected chi connectivity index (χ2v) is 7.89. The Hall–Kier alpha value is -1.11. The van der Waals surface area contributed by atoms with E-state index in [1.807, 2.05) is 20.8 Å². The summed E-state index contributed by atoms with van der Waals surface area (Å²) in [6, 6.07) is 3.43. The Labute approximate surface area is 126 Å². The predicted octanol–water partition coefficient (Wildman–Crippen LogP) is 2.46. The highest BCUT2D eigenvalue weighted by Gasteiger charge is 2.47. The molecule has 1 saturated heterocycles. The van der Waals surface area contributed by atoms with E-state index in [4.69, 9.17) is 9.47 Å². The van der Waals surface area contributed by atoms with Gasteiger partial charge in [0.2, 0.25) is 10.0 Å². The molecule has 0 aromatic heterocycles. The second-order valence-electron chi connectivity index (χ2n) is 6.11. The maximum Gasteiger partial charge on any atom is 0.246 e. The fourth-order valence-corrected chi connectivity index (χ4v) is 4.99. The molecule has 0 spiro atoms. The summed E-state index contributed by atoms with van der Waals surface area (Å²) in [7, 11) is -2.04. The molecule has 1 heterocycles. The van der Waals surface area contributed by atoms with Gasteiger partial charge in [0.15, 0.2) is 0 Å². The van der Waals surface area contributed by atoms with E-state index < -0.39 is 21.8 Å². The van der Waals surface area contributed by atoms with Crippen LogP contribution in [0.2, 0.25) is 0 Å². The zero-order chi connectivity index (χ0) is 16.0. The first-order chi connectivity index (χ1) is 9.61. The Morgan fingerprint density at radius 1 is 1.29 bits per heavy atom. The van der Waals surface area contributed by atoms with Crippen LogP contribution in [0, 0.1) is 13.8 Å². The summed E-state index contributed by atoms with van der Waals surface area (Å²) in [6.45, 7) is 9.52. The van der Waals surface area contributed by atoms with Gasteiger partial charge in [-0.05, 0) is 57.9 Å². The van der Waals surface area contributed by atoms with E-state index in [0.29, 0.717) is 22.8 Å². The fourth-order valence-electron chi connectivity index (χ4n) is 2.84. The van der Waals surface area contributed by atoms with Gasteiger partial charge in [-0.25, -0.2) is 8.42 Å². The molecule has 1 unspecified atom stereocenters. The lowest BCUT2D eigenvalue weighted by atomic mass is 10.1. The highest BCUT2D eigenvalue weighted by molar-refractivity contribution is 7.89. The molecule has 21 heavy (non-hydrogen) atoms. The van der Waals surface area contributed by atoms with Crippen molar-refractivity contribution in [1.29, 1.82) is 0 Å². The summed E-state index contributed by atoms with van der Waals surface area (Å²) in [5.41, 5.74) is 0.915. The molecule has 118 valence electrons. The lowest BCUT2D eigenvalue weighted by Crippen LogP contribution is -2.47. The van der Waals surface area contributed by atoms with Gasteiger partial charge in [-0.1, -0.05) is 0 Å². The second kappa shape index (κ2) is 5.26. The van der Waals surface area contributed by atoms with Crippen LogP contribution < -0.4 is 4.74 Å². The molecule has 5 nitrogen and oxygen atoms in total. The van der Waals surface area contributed by atoms with Crippen LogP contribution in [0.3, 0.4) is 0 Å². The summed E-state index contributed by atoms with van der Waals surface area (Å²) in [6.07, 6.45) is -0.466. The molecule has 0 aliphatic carbocycles. The third-order valence-electron chi connectivity index (χ3n) is 3.83. The molecule has 1 fully saturated rings. The summed E-state index contributed by atoms with van der Waals surface area (Å²) >= 11 is 0. The van der Waals surface area contributed by atoms with E-state index in [0.717, 1.165) is 5.56 Å². The number of methoxy groups -OCH3 is 1. The maximum atomic E-state index is 13.0. The number of sulfonamides is 1. The topological polar surface area (TPSA) is 55.8 Å². The van der Waals surface area contributed by atoms with Gasteiger partial charge in [0.05, 0.1) is 24.2 Å².